The van der Waals surface area contributed by atoms with E-state index in [9.17, 15) is 9.59 Å². The smallest absolute Gasteiger partial charge is 0.319 e. The molecule has 0 radical (unpaired) electrons. The van der Waals surface area contributed by atoms with Gasteiger partial charge >= 0.3 is 6.03 Å². The summed E-state index contributed by atoms with van der Waals surface area (Å²) < 4.78 is 0. The number of allylic oxidation sites excluding steroid dienone is 1. The van der Waals surface area contributed by atoms with Crippen LogP contribution < -0.4 is 16.0 Å². The molecular formula is C13H16N4O2. The van der Waals surface area contributed by atoms with E-state index in [4.69, 9.17) is 0 Å². The molecule has 0 aromatic carbocycles. The van der Waals surface area contributed by atoms with Gasteiger partial charge < -0.3 is 16.0 Å². The van der Waals surface area contributed by atoms with Crippen LogP contribution in [-0.4, -0.2) is 23.0 Å². The van der Waals surface area contributed by atoms with Crippen LogP contribution in [0.15, 0.2) is 35.8 Å². The standard InChI is InChI=1S/C13H16N4O2/c1-8-11(9(2)17-13(19)16-8)12(18)15-7-10-4-3-5-14-6-10/h3-6,8H,7H2,1-2H3,(H,15,18)(H2,16,17,19). The number of aromatic nitrogens is 1. The van der Waals surface area contributed by atoms with Crippen LogP contribution in [0.3, 0.4) is 0 Å². The van der Waals surface area contributed by atoms with Crippen LogP contribution in [0.25, 0.3) is 0 Å². The lowest BCUT2D eigenvalue weighted by Crippen LogP contribution is -2.50. The Bertz CT molecular complexity index is 525. The number of amides is 3. The molecule has 2 rings (SSSR count). The van der Waals surface area contributed by atoms with Gasteiger partial charge in [-0.1, -0.05) is 6.07 Å². The number of nitrogens with one attached hydrogen (secondary N) is 3. The largest absolute Gasteiger partial charge is 0.348 e. The molecule has 0 aliphatic carbocycles. The molecule has 1 atom stereocenters. The lowest BCUT2D eigenvalue weighted by atomic mass is 10.0. The Hall–Kier alpha value is -2.37. The molecule has 3 amide bonds. The summed E-state index contributed by atoms with van der Waals surface area (Å²) in [4.78, 5) is 27.3. The predicted molar refractivity (Wildman–Crippen MR) is 69.9 cm³/mol. The van der Waals surface area contributed by atoms with E-state index >= 15 is 0 Å². The highest BCUT2D eigenvalue weighted by Crippen LogP contribution is 2.11. The Morgan fingerprint density at radius 3 is 2.95 bits per heavy atom. The first-order valence-corrected chi connectivity index (χ1v) is 6.03. The third-order valence-electron chi connectivity index (χ3n) is 2.91. The van der Waals surface area contributed by atoms with E-state index in [0.717, 1.165) is 5.56 Å². The number of rotatable bonds is 3. The van der Waals surface area contributed by atoms with Crippen molar-refractivity contribution >= 4 is 11.9 Å². The summed E-state index contributed by atoms with van der Waals surface area (Å²) in [5.74, 6) is -0.193. The minimum atomic E-state index is -0.303. The van der Waals surface area contributed by atoms with Crippen molar-refractivity contribution in [2.24, 2.45) is 0 Å². The lowest BCUT2D eigenvalue weighted by molar-refractivity contribution is -0.118. The molecule has 0 spiro atoms. The Morgan fingerprint density at radius 2 is 2.32 bits per heavy atom. The van der Waals surface area contributed by atoms with Gasteiger partial charge in [0.2, 0.25) is 0 Å². The molecule has 0 fully saturated rings. The van der Waals surface area contributed by atoms with Gasteiger partial charge in [-0.05, 0) is 25.5 Å². The zero-order valence-corrected chi connectivity index (χ0v) is 10.9. The highest BCUT2D eigenvalue weighted by atomic mass is 16.2. The van der Waals surface area contributed by atoms with Gasteiger partial charge in [-0.25, -0.2) is 4.79 Å². The molecular weight excluding hydrogens is 244 g/mol. The Balaban J connectivity index is 2.04. The average molecular weight is 260 g/mol. The molecule has 19 heavy (non-hydrogen) atoms. The van der Waals surface area contributed by atoms with E-state index in [0.29, 0.717) is 17.8 Å². The van der Waals surface area contributed by atoms with Crippen LogP contribution in [0.1, 0.15) is 19.4 Å². The Kier molecular flexibility index (Phi) is 3.79. The third-order valence-corrected chi connectivity index (χ3v) is 2.91. The van der Waals surface area contributed by atoms with Gasteiger partial charge in [0, 0.05) is 24.6 Å². The summed E-state index contributed by atoms with van der Waals surface area (Å²) >= 11 is 0. The third kappa shape index (κ3) is 3.09. The van der Waals surface area contributed by atoms with Crippen LogP contribution in [-0.2, 0) is 11.3 Å². The van der Waals surface area contributed by atoms with E-state index in [1.807, 2.05) is 12.1 Å². The lowest BCUT2D eigenvalue weighted by Gasteiger charge is -2.25. The topological polar surface area (TPSA) is 83.1 Å². The fraction of sp³-hybridized carbons (Fsp3) is 0.308. The number of urea groups is 1. The first-order valence-electron chi connectivity index (χ1n) is 6.03. The SMILES string of the molecule is CC1=C(C(=O)NCc2cccnc2)C(C)NC(=O)N1. The maximum Gasteiger partial charge on any atom is 0.319 e. The molecule has 6 heteroatoms. The molecule has 1 aromatic rings. The summed E-state index contributed by atoms with van der Waals surface area (Å²) in [6.07, 6.45) is 3.38. The Labute approximate surface area is 111 Å². The molecule has 1 aliphatic rings. The van der Waals surface area contributed by atoms with Gasteiger partial charge in [0.15, 0.2) is 0 Å². The zero-order valence-electron chi connectivity index (χ0n) is 10.9. The van der Waals surface area contributed by atoms with Crippen LogP contribution in [0.4, 0.5) is 4.79 Å². The van der Waals surface area contributed by atoms with Crippen molar-refractivity contribution in [1.82, 2.24) is 20.9 Å². The van der Waals surface area contributed by atoms with E-state index < -0.39 is 0 Å². The monoisotopic (exact) mass is 260 g/mol. The van der Waals surface area contributed by atoms with Crippen molar-refractivity contribution in [3.63, 3.8) is 0 Å². The summed E-state index contributed by atoms with van der Waals surface area (Å²) in [6, 6.07) is 3.12. The number of carbonyl (C=O) groups excluding carboxylic acids is 2. The van der Waals surface area contributed by atoms with Gasteiger partial charge in [-0.3, -0.25) is 9.78 Å². The van der Waals surface area contributed by atoms with Crippen LogP contribution in [0.2, 0.25) is 0 Å². The highest BCUT2D eigenvalue weighted by molar-refractivity contribution is 5.98. The normalized spacial score (nSPS) is 18.6. The molecule has 6 nitrogen and oxygen atoms in total. The molecule has 0 saturated carbocycles. The molecule has 1 unspecified atom stereocenters. The molecule has 0 bridgehead atoms. The quantitative estimate of drug-likeness (QED) is 0.747. The Morgan fingerprint density at radius 1 is 1.53 bits per heavy atom. The molecule has 0 saturated heterocycles. The number of hydrogen-bond acceptors (Lipinski definition) is 3. The van der Waals surface area contributed by atoms with Gasteiger partial charge in [-0.15, -0.1) is 0 Å². The minimum Gasteiger partial charge on any atom is -0.348 e. The van der Waals surface area contributed by atoms with E-state index in [1.54, 1.807) is 26.2 Å². The molecule has 1 aromatic heterocycles. The zero-order chi connectivity index (χ0) is 13.8. The first kappa shape index (κ1) is 13.1. The molecule has 2 heterocycles. The van der Waals surface area contributed by atoms with E-state index in [1.165, 1.54) is 0 Å². The maximum atomic E-state index is 12.1. The highest BCUT2D eigenvalue weighted by Gasteiger charge is 2.26. The van der Waals surface area contributed by atoms with Gasteiger partial charge in [-0.2, -0.15) is 0 Å². The van der Waals surface area contributed by atoms with Crippen molar-refractivity contribution in [2.45, 2.75) is 26.4 Å². The number of hydrogen-bond donors (Lipinski definition) is 3. The van der Waals surface area contributed by atoms with Crippen molar-refractivity contribution in [3.8, 4) is 0 Å². The fourth-order valence-electron chi connectivity index (χ4n) is 2.01. The van der Waals surface area contributed by atoms with Gasteiger partial charge in [0.1, 0.15) is 0 Å². The number of carbonyl (C=O) groups is 2. The summed E-state index contributed by atoms with van der Waals surface area (Å²) in [5.41, 5.74) is 2.05. The maximum absolute atomic E-state index is 12.1. The van der Waals surface area contributed by atoms with E-state index in [2.05, 4.69) is 20.9 Å². The van der Waals surface area contributed by atoms with Crippen molar-refractivity contribution < 1.29 is 9.59 Å². The summed E-state index contributed by atoms with van der Waals surface area (Å²) in [5, 5.41) is 8.07. The minimum absolute atomic E-state index is 0.193. The average Bonchev–Trinajstić information content (AvgIpc) is 2.36. The number of pyridine rings is 1. The van der Waals surface area contributed by atoms with Crippen molar-refractivity contribution in [3.05, 3.63) is 41.4 Å². The second-order valence-corrected chi connectivity index (χ2v) is 4.40. The van der Waals surface area contributed by atoms with Crippen LogP contribution >= 0.6 is 0 Å². The second-order valence-electron chi connectivity index (χ2n) is 4.40. The van der Waals surface area contributed by atoms with Crippen LogP contribution in [0, 0.1) is 0 Å². The first-order chi connectivity index (χ1) is 9.08. The van der Waals surface area contributed by atoms with Gasteiger partial charge in [0.25, 0.3) is 5.91 Å². The fourth-order valence-corrected chi connectivity index (χ4v) is 2.01. The molecule has 3 N–H and O–H groups in total. The second kappa shape index (κ2) is 5.51. The predicted octanol–water partition coefficient (Wildman–Crippen LogP) is 0.673. The van der Waals surface area contributed by atoms with Crippen LogP contribution in [0.5, 0.6) is 0 Å². The van der Waals surface area contributed by atoms with Crippen molar-refractivity contribution in [1.29, 1.82) is 0 Å². The number of nitrogens with zero attached hydrogens (tertiary/aromatic N) is 1. The summed E-state index contributed by atoms with van der Waals surface area (Å²) in [7, 11) is 0. The molecule has 100 valence electrons. The summed E-state index contributed by atoms with van der Waals surface area (Å²) in [6.45, 7) is 3.90. The van der Waals surface area contributed by atoms with E-state index in [-0.39, 0.29) is 18.0 Å². The van der Waals surface area contributed by atoms with Gasteiger partial charge in [0.05, 0.1) is 11.6 Å². The van der Waals surface area contributed by atoms with Crippen molar-refractivity contribution in [2.75, 3.05) is 0 Å². The molecule has 1 aliphatic heterocycles.